The van der Waals surface area contributed by atoms with Gasteiger partial charge in [0.15, 0.2) is 0 Å². The molecule has 0 aromatic heterocycles. The maximum absolute atomic E-state index is 12.5. The molecule has 2 aromatic carbocycles. The lowest BCUT2D eigenvalue weighted by molar-refractivity contribution is -0.118. The zero-order valence-electron chi connectivity index (χ0n) is 15.9. The first kappa shape index (κ1) is 20.6. The number of nitrogens with zero attached hydrogens (tertiary/aromatic N) is 2. The van der Waals surface area contributed by atoms with E-state index in [0.717, 1.165) is 16.2 Å². The number of anilines is 2. The molecule has 0 aliphatic heterocycles. The van der Waals surface area contributed by atoms with Gasteiger partial charge in [-0.15, -0.1) is 0 Å². The Hall–Kier alpha value is -2.74. The molecule has 0 N–H and O–H groups in total. The number of para-hydroxylation sites is 1. The quantitative estimate of drug-likeness (QED) is 0.690. The number of amides is 1. The molecular formula is C19H24N2O5S. The number of hydrogen-bond acceptors (Lipinski definition) is 5. The summed E-state index contributed by atoms with van der Waals surface area (Å²) < 4.78 is 36.3. The van der Waals surface area contributed by atoms with Crippen LogP contribution >= 0.6 is 0 Å². The molecule has 0 bridgehead atoms. The van der Waals surface area contributed by atoms with Gasteiger partial charge in [0.05, 0.1) is 26.2 Å². The Balaban J connectivity index is 2.25. The number of methoxy groups -OCH3 is 2. The van der Waals surface area contributed by atoms with Crippen LogP contribution in [0.2, 0.25) is 0 Å². The van der Waals surface area contributed by atoms with Crippen LogP contribution in [0.25, 0.3) is 0 Å². The second-order valence-corrected chi connectivity index (χ2v) is 7.82. The molecule has 0 saturated heterocycles. The minimum Gasteiger partial charge on any atom is -0.497 e. The van der Waals surface area contributed by atoms with Crippen molar-refractivity contribution in [3.05, 3.63) is 48.5 Å². The summed E-state index contributed by atoms with van der Waals surface area (Å²) in [6, 6.07) is 14.1. The molecule has 2 aromatic rings. The normalized spacial score (nSPS) is 11.0. The summed E-state index contributed by atoms with van der Waals surface area (Å²) in [7, 11) is 0.980. The van der Waals surface area contributed by atoms with Gasteiger partial charge in [0.2, 0.25) is 15.9 Å². The summed E-state index contributed by atoms with van der Waals surface area (Å²) in [5.74, 6) is 0.675. The Kier molecular flexibility index (Phi) is 6.68. The molecule has 0 fully saturated rings. The predicted molar refractivity (Wildman–Crippen MR) is 106 cm³/mol. The molecule has 0 saturated carbocycles. The van der Waals surface area contributed by atoms with E-state index in [2.05, 4.69) is 0 Å². The molecule has 0 heterocycles. The smallest absolute Gasteiger partial charge is 0.232 e. The molecule has 0 atom stereocenters. The number of rotatable bonds is 8. The largest absolute Gasteiger partial charge is 0.497 e. The fraction of sp³-hybridized carbons (Fsp3) is 0.316. The molecule has 7 nitrogen and oxygen atoms in total. The summed E-state index contributed by atoms with van der Waals surface area (Å²) in [5, 5.41) is 0. The molecular weight excluding hydrogens is 368 g/mol. The zero-order valence-corrected chi connectivity index (χ0v) is 16.7. The minimum atomic E-state index is -3.63. The van der Waals surface area contributed by atoms with Crippen molar-refractivity contribution in [1.82, 2.24) is 0 Å². The van der Waals surface area contributed by atoms with E-state index in [1.807, 2.05) is 30.3 Å². The van der Waals surface area contributed by atoms with Gasteiger partial charge in [0.25, 0.3) is 0 Å². The van der Waals surface area contributed by atoms with Gasteiger partial charge < -0.3 is 14.4 Å². The summed E-state index contributed by atoms with van der Waals surface area (Å²) in [5.41, 5.74) is 1.07. The molecule has 8 heteroatoms. The van der Waals surface area contributed by atoms with Gasteiger partial charge in [0, 0.05) is 31.8 Å². The fourth-order valence-electron chi connectivity index (χ4n) is 2.62. The second kappa shape index (κ2) is 8.77. The van der Waals surface area contributed by atoms with Crippen LogP contribution in [0.5, 0.6) is 11.5 Å². The Morgan fingerprint density at radius 3 is 2.26 bits per heavy atom. The van der Waals surface area contributed by atoms with Crippen molar-refractivity contribution in [2.45, 2.75) is 6.42 Å². The number of hydrogen-bond donors (Lipinski definition) is 0. The van der Waals surface area contributed by atoms with Gasteiger partial charge in [-0.25, -0.2) is 8.42 Å². The highest BCUT2D eigenvalue weighted by molar-refractivity contribution is 7.92. The zero-order chi connectivity index (χ0) is 20.0. The summed E-state index contributed by atoms with van der Waals surface area (Å²) in [4.78, 5) is 14.0. The molecule has 27 heavy (non-hydrogen) atoms. The average Bonchev–Trinajstić information content (AvgIpc) is 2.66. The third-order valence-corrected chi connectivity index (χ3v) is 5.28. The lowest BCUT2D eigenvalue weighted by Gasteiger charge is -2.25. The summed E-state index contributed by atoms with van der Waals surface area (Å²) >= 11 is 0. The van der Waals surface area contributed by atoms with Crippen molar-refractivity contribution in [2.75, 3.05) is 43.3 Å². The summed E-state index contributed by atoms with van der Waals surface area (Å²) in [6.07, 6.45) is 1.11. The van der Waals surface area contributed by atoms with Gasteiger partial charge in [0.1, 0.15) is 11.5 Å². The molecule has 0 radical (unpaired) electrons. The monoisotopic (exact) mass is 392 g/mol. The van der Waals surface area contributed by atoms with Crippen molar-refractivity contribution in [1.29, 1.82) is 0 Å². The highest BCUT2D eigenvalue weighted by Gasteiger charge is 2.23. The van der Waals surface area contributed by atoms with E-state index in [-0.39, 0.29) is 18.9 Å². The lowest BCUT2D eigenvalue weighted by atomic mass is 10.2. The first-order valence-corrected chi connectivity index (χ1v) is 10.1. The van der Waals surface area contributed by atoms with Crippen molar-refractivity contribution >= 4 is 27.3 Å². The molecule has 0 aliphatic carbocycles. The van der Waals surface area contributed by atoms with Gasteiger partial charge >= 0.3 is 0 Å². The second-order valence-electron chi connectivity index (χ2n) is 5.91. The van der Waals surface area contributed by atoms with E-state index in [0.29, 0.717) is 17.2 Å². The van der Waals surface area contributed by atoms with Crippen LogP contribution in [0.3, 0.4) is 0 Å². The number of ether oxygens (including phenoxy) is 2. The van der Waals surface area contributed by atoms with E-state index < -0.39 is 10.0 Å². The Labute approximate surface area is 160 Å². The minimum absolute atomic E-state index is 0.0127. The Bertz CT molecular complexity index is 884. The highest BCUT2D eigenvalue weighted by atomic mass is 32.2. The van der Waals surface area contributed by atoms with Gasteiger partial charge in [-0.05, 0) is 24.3 Å². The van der Waals surface area contributed by atoms with E-state index >= 15 is 0 Å². The third-order valence-electron chi connectivity index (χ3n) is 4.10. The number of carbonyl (C=O) groups excluding carboxylic acids is 1. The summed E-state index contributed by atoms with van der Waals surface area (Å²) in [6.45, 7) is -0.0155. The van der Waals surface area contributed by atoms with Crippen LogP contribution in [0.1, 0.15) is 6.42 Å². The van der Waals surface area contributed by atoms with E-state index in [9.17, 15) is 13.2 Å². The van der Waals surface area contributed by atoms with Crippen LogP contribution in [-0.2, 0) is 14.8 Å². The highest BCUT2D eigenvalue weighted by Crippen LogP contribution is 2.34. The van der Waals surface area contributed by atoms with E-state index in [1.165, 1.54) is 19.1 Å². The SMILES string of the molecule is COc1ccc(OC)c(N(CCC(=O)N(C)c2ccccc2)S(C)(=O)=O)c1. The van der Waals surface area contributed by atoms with Crippen LogP contribution in [-0.4, -0.2) is 48.4 Å². The molecule has 1 amide bonds. The number of sulfonamides is 1. The molecule has 146 valence electrons. The van der Waals surface area contributed by atoms with Crippen molar-refractivity contribution in [2.24, 2.45) is 0 Å². The van der Waals surface area contributed by atoms with E-state index in [1.54, 1.807) is 25.2 Å². The van der Waals surface area contributed by atoms with Crippen LogP contribution < -0.4 is 18.7 Å². The fourth-order valence-corrected chi connectivity index (χ4v) is 3.54. The van der Waals surface area contributed by atoms with Crippen LogP contribution in [0, 0.1) is 0 Å². The van der Waals surface area contributed by atoms with Crippen LogP contribution in [0.4, 0.5) is 11.4 Å². The third kappa shape index (κ3) is 5.13. The Morgan fingerprint density at radius 1 is 1.04 bits per heavy atom. The lowest BCUT2D eigenvalue weighted by Crippen LogP contribution is -2.35. The van der Waals surface area contributed by atoms with Gasteiger partial charge in [-0.3, -0.25) is 9.10 Å². The molecule has 2 rings (SSSR count). The predicted octanol–water partition coefficient (Wildman–Crippen LogP) is 2.52. The first-order chi connectivity index (χ1) is 12.8. The maximum atomic E-state index is 12.5. The average molecular weight is 392 g/mol. The van der Waals surface area contributed by atoms with Crippen molar-refractivity contribution in [3.63, 3.8) is 0 Å². The van der Waals surface area contributed by atoms with Gasteiger partial charge in [-0.1, -0.05) is 18.2 Å². The molecule has 0 spiro atoms. The standard InChI is InChI=1S/C19H24N2O5S/c1-20(15-8-6-5-7-9-15)19(22)12-13-21(27(4,23)24)17-14-16(25-2)10-11-18(17)26-3/h5-11,14H,12-13H2,1-4H3. The number of benzene rings is 2. The van der Waals surface area contributed by atoms with Crippen molar-refractivity contribution < 1.29 is 22.7 Å². The topological polar surface area (TPSA) is 76.2 Å². The Morgan fingerprint density at radius 2 is 1.70 bits per heavy atom. The molecule has 0 unspecified atom stereocenters. The van der Waals surface area contributed by atoms with Crippen molar-refractivity contribution in [3.8, 4) is 11.5 Å². The molecule has 0 aliphatic rings. The van der Waals surface area contributed by atoms with Crippen LogP contribution in [0.15, 0.2) is 48.5 Å². The number of carbonyl (C=O) groups is 1. The van der Waals surface area contributed by atoms with E-state index in [4.69, 9.17) is 9.47 Å². The van der Waals surface area contributed by atoms with Gasteiger partial charge in [-0.2, -0.15) is 0 Å². The first-order valence-electron chi connectivity index (χ1n) is 8.29. The maximum Gasteiger partial charge on any atom is 0.232 e.